The third-order valence-electron chi connectivity index (χ3n) is 3.29. The number of methoxy groups -OCH3 is 1. The van der Waals surface area contributed by atoms with Crippen molar-refractivity contribution in [2.24, 2.45) is 11.8 Å². The zero-order valence-electron chi connectivity index (χ0n) is 10.9. The van der Waals surface area contributed by atoms with E-state index in [1.807, 2.05) is 19.1 Å². The Kier molecular flexibility index (Phi) is 5.85. The second kappa shape index (κ2) is 7.16. The summed E-state index contributed by atoms with van der Waals surface area (Å²) in [5.41, 5.74) is 0. The molecule has 0 bridgehead atoms. The summed E-state index contributed by atoms with van der Waals surface area (Å²) < 4.78 is 5.01. The van der Waals surface area contributed by atoms with Gasteiger partial charge < -0.3 is 15.2 Å². The van der Waals surface area contributed by atoms with Crippen LogP contribution in [-0.4, -0.2) is 36.7 Å². The Hall–Kier alpha value is -1.36. The van der Waals surface area contributed by atoms with E-state index in [1.165, 1.54) is 0 Å². The summed E-state index contributed by atoms with van der Waals surface area (Å²) in [5.74, 6) is -2.18. The number of carbonyl (C=O) groups excluding carboxylic acids is 1. The van der Waals surface area contributed by atoms with E-state index in [4.69, 9.17) is 9.84 Å². The Bertz CT molecular complexity index is 327. The summed E-state index contributed by atoms with van der Waals surface area (Å²) >= 11 is 0. The Morgan fingerprint density at radius 1 is 1.39 bits per heavy atom. The van der Waals surface area contributed by atoms with Gasteiger partial charge in [0.2, 0.25) is 5.91 Å². The average Bonchev–Trinajstić information content (AvgIpc) is 2.38. The summed E-state index contributed by atoms with van der Waals surface area (Å²) in [6, 6.07) is -0.0529. The van der Waals surface area contributed by atoms with Gasteiger partial charge in [-0.05, 0) is 19.3 Å². The number of ether oxygens (including phenoxy) is 1. The summed E-state index contributed by atoms with van der Waals surface area (Å²) in [5, 5.41) is 12.0. The van der Waals surface area contributed by atoms with E-state index in [2.05, 4.69) is 5.32 Å². The van der Waals surface area contributed by atoms with Gasteiger partial charge in [0.05, 0.1) is 24.5 Å². The molecule has 1 aliphatic rings. The van der Waals surface area contributed by atoms with E-state index in [0.717, 1.165) is 6.42 Å². The third-order valence-corrected chi connectivity index (χ3v) is 3.29. The molecule has 0 radical (unpaired) electrons. The van der Waals surface area contributed by atoms with Crippen LogP contribution in [0.1, 0.15) is 26.2 Å². The van der Waals surface area contributed by atoms with Gasteiger partial charge in [-0.2, -0.15) is 0 Å². The summed E-state index contributed by atoms with van der Waals surface area (Å²) in [6.45, 7) is 2.40. The lowest BCUT2D eigenvalue weighted by Gasteiger charge is -2.26. The van der Waals surface area contributed by atoms with Crippen LogP contribution >= 0.6 is 0 Å². The van der Waals surface area contributed by atoms with E-state index in [-0.39, 0.29) is 11.9 Å². The highest BCUT2D eigenvalue weighted by Gasteiger charge is 2.34. The van der Waals surface area contributed by atoms with Gasteiger partial charge in [0.25, 0.3) is 0 Å². The SMILES string of the molecule is CCC(COC)NC(=O)C1CC=CCC1C(=O)O. The van der Waals surface area contributed by atoms with Crippen LogP contribution in [0.25, 0.3) is 0 Å². The number of rotatable bonds is 6. The average molecular weight is 255 g/mol. The standard InChI is InChI=1S/C13H21NO4/c1-3-9(8-18-2)14-12(15)10-6-4-5-7-11(10)13(16)17/h4-5,9-11H,3,6-8H2,1-2H3,(H,14,15)(H,16,17). The second-order valence-electron chi connectivity index (χ2n) is 4.56. The lowest BCUT2D eigenvalue weighted by atomic mass is 9.82. The van der Waals surface area contributed by atoms with Crippen LogP contribution in [0.15, 0.2) is 12.2 Å². The first-order valence-electron chi connectivity index (χ1n) is 6.27. The van der Waals surface area contributed by atoms with Crippen LogP contribution in [0.4, 0.5) is 0 Å². The molecule has 102 valence electrons. The number of amides is 1. The summed E-state index contributed by atoms with van der Waals surface area (Å²) in [7, 11) is 1.58. The fraction of sp³-hybridized carbons (Fsp3) is 0.692. The molecule has 0 fully saturated rings. The quantitative estimate of drug-likeness (QED) is 0.699. The third kappa shape index (κ3) is 3.84. The van der Waals surface area contributed by atoms with Crippen molar-refractivity contribution >= 4 is 11.9 Å². The number of allylic oxidation sites excluding steroid dienone is 2. The number of hydrogen-bond donors (Lipinski definition) is 2. The second-order valence-corrected chi connectivity index (χ2v) is 4.56. The van der Waals surface area contributed by atoms with Gasteiger partial charge in [-0.3, -0.25) is 9.59 Å². The van der Waals surface area contributed by atoms with Crippen LogP contribution in [-0.2, 0) is 14.3 Å². The number of carboxylic acid groups (broad SMARTS) is 1. The minimum absolute atomic E-state index is 0.0529. The van der Waals surface area contributed by atoms with Crippen molar-refractivity contribution in [1.29, 1.82) is 0 Å². The van der Waals surface area contributed by atoms with Gasteiger partial charge >= 0.3 is 5.97 Å². The van der Waals surface area contributed by atoms with E-state index in [1.54, 1.807) is 7.11 Å². The lowest BCUT2D eigenvalue weighted by molar-refractivity contribution is -0.147. The molecule has 0 aromatic carbocycles. The Labute approximate surface area is 107 Å². The Balaban J connectivity index is 2.63. The molecule has 0 saturated carbocycles. The van der Waals surface area contributed by atoms with Gasteiger partial charge in [0.1, 0.15) is 0 Å². The largest absolute Gasteiger partial charge is 0.481 e. The zero-order chi connectivity index (χ0) is 13.5. The maximum Gasteiger partial charge on any atom is 0.307 e. The van der Waals surface area contributed by atoms with Gasteiger partial charge in [0.15, 0.2) is 0 Å². The van der Waals surface area contributed by atoms with Crippen LogP contribution in [0, 0.1) is 11.8 Å². The Morgan fingerprint density at radius 3 is 2.50 bits per heavy atom. The summed E-state index contributed by atoms with van der Waals surface area (Å²) in [6.07, 6.45) is 5.39. The fourth-order valence-corrected chi connectivity index (χ4v) is 2.15. The van der Waals surface area contributed by atoms with Gasteiger partial charge in [-0.1, -0.05) is 19.1 Å². The minimum Gasteiger partial charge on any atom is -0.481 e. The van der Waals surface area contributed by atoms with E-state index < -0.39 is 17.8 Å². The maximum absolute atomic E-state index is 12.1. The molecule has 18 heavy (non-hydrogen) atoms. The maximum atomic E-state index is 12.1. The van der Waals surface area contributed by atoms with Crippen LogP contribution in [0.5, 0.6) is 0 Å². The van der Waals surface area contributed by atoms with Crippen molar-refractivity contribution in [3.63, 3.8) is 0 Å². The first kappa shape index (κ1) is 14.7. The monoisotopic (exact) mass is 255 g/mol. The van der Waals surface area contributed by atoms with Crippen molar-refractivity contribution in [2.45, 2.75) is 32.2 Å². The first-order chi connectivity index (χ1) is 8.60. The Morgan fingerprint density at radius 2 is 2.00 bits per heavy atom. The van der Waals surface area contributed by atoms with Crippen LogP contribution < -0.4 is 5.32 Å². The highest BCUT2D eigenvalue weighted by atomic mass is 16.5. The molecule has 0 spiro atoms. The molecule has 0 aliphatic heterocycles. The molecule has 0 aromatic heterocycles. The molecular formula is C13H21NO4. The van der Waals surface area contributed by atoms with E-state index >= 15 is 0 Å². The number of aliphatic carboxylic acids is 1. The van der Waals surface area contributed by atoms with E-state index in [0.29, 0.717) is 19.4 Å². The molecule has 1 amide bonds. The molecule has 1 rings (SSSR count). The van der Waals surface area contributed by atoms with Crippen molar-refractivity contribution in [2.75, 3.05) is 13.7 Å². The molecule has 0 heterocycles. The first-order valence-corrected chi connectivity index (χ1v) is 6.27. The molecule has 5 heteroatoms. The van der Waals surface area contributed by atoms with Gasteiger partial charge in [0, 0.05) is 7.11 Å². The highest BCUT2D eigenvalue weighted by Crippen LogP contribution is 2.26. The van der Waals surface area contributed by atoms with Gasteiger partial charge in [-0.25, -0.2) is 0 Å². The van der Waals surface area contributed by atoms with Crippen LogP contribution in [0.2, 0.25) is 0 Å². The zero-order valence-corrected chi connectivity index (χ0v) is 10.9. The van der Waals surface area contributed by atoms with Crippen molar-refractivity contribution in [3.8, 4) is 0 Å². The van der Waals surface area contributed by atoms with Crippen molar-refractivity contribution in [1.82, 2.24) is 5.32 Å². The topological polar surface area (TPSA) is 75.6 Å². The number of carboxylic acids is 1. The molecule has 1 aliphatic carbocycles. The number of nitrogens with one attached hydrogen (secondary N) is 1. The van der Waals surface area contributed by atoms with Crippen LogP contribution in [0.3, 0.4) is 0 Å². The smallest absolute Gasteiger partial charge is 0.307 e. The van der Waals surface area contributed by atoms with Crippen molar-refractivity contribution < 1.29 is 19.4 Å². The molecular weight excluding hydrogens is 234 g/mol. The number of hydrogen-bond acceptors (Lipinski definition) is 3. The molecule has 0 aromatic rings. The lowest BCUT2D eigenvalue weighted by Crippen LogP contribution is -2.44. The molecule has 0 saturated heterocycles. The normalized spacial score (nSPS) is 24.6. The predicted molar refractivity (Wildman–Crippen MR) is 67.1 cm³/mol. The van der Waals surface area contributed by atoms with Gasteiger partial charge in [-0.15, -0.1) is 0 Å². The summed E-state index contributed by atoms with van der Waals surface area (Å²) in [4.78, 5) is 23.2. The molecule has 2 N–H and O–H groups in total. The minimum atomic E-state index is -0.903. The highest BCUT2D eigenvalue weighted by molar-refractivity contribution is 5.85. The predicted octanol–water partition coefficient (Wildman–Crippen LogP) is 1.19. The molecule has 5 nitrogen and oxygen atoms in total. The number of carbonyl (C=O) groups is 2. The van der Waals surface area contributed by atoms with E-state index in [9.17, 15) is 9.59 Å². The molecule has 3 unspecified atom stereocenters. The fourth-order valence-electron chi connectivity index (χ4n) is 2.15. The molecule has 3 atom stereocenters. The van der Waals surface area contributed by atoms with Crippen molar-refractivity contribution in [3.05, 3.63) is 12.2 Å².